The number of carbonyl (C=O) groups excluding carboxylic acids is 2. The van der Waals surface area contributed by atoms with E-state index in [0.29, 0.717) is 5.52 Å². The van der Waals surface area contributed by atoms with Crippen LogP contribution < -0.4 is 16.2 Å². The van der Waals surface area contributed by atoms with Crippen LogP contribution in [-0.4, -0.2) is 56.1 Å². The van der Waals surface area contributed by atoms with E-state index >= 15 is 0 Å². The van der Waals surface area contributed by atoms with E-state index in [1.807, 2.05) is 0 Å². The van der Waals surface area contributed by atoms with Crippen LogP contribution >= 0.6 is 11.6 Å². The molecule has 0 fully saturated rings. The van der Waals surface area contributed by atoms with Crippen LogP contribution in [0.4, 0.5) is 10.3 Å². The monoisotopic (exact) mass is 463 g/mol. The van der Waals surface area contributed by atoms with Crippen LogP contribution in [0.2, 0.25) is 5.02 Å². The van der Waals surface area contributed by atoms with Crippen molar-refractivity contribution in [2.75, 3.05) is 18.9 Å². The molecular formula is C20H23ClFN7O3. The number of halogens is 2. The topological polar surface area (TPSA) is 125 Å². The molecule has 0 saturated heterocycles. The van der Waals surface area contributed by atoms with Crippen LogP contribution in [0, 0.1) is 5.82 Å². The number of anilines is 1. The van der Waals surface area contributed by atoms with Crippen molar-refractivity contribution in [3.05, 3.63) is 51.2 Å². The number of nitrogens with zero attached hydrogens (tertiary/aromatic N) is 4. The fourth-order valence-electron chi connectivity index (χ4n) is 3.05. The van der Waals surface area contributed by atoms with Crippen LogP contribution in [0.1, 0.15) is 19.4 Å². The van der Waals surface area contributed by atoms with Crippen molar-refractivity contribution in [3.63, 3.8) is 0 Å². The highest BCUT2D eigenvalue weighted by Crippen LogP contribution is 2.17. The van der Waals surface area contributed by atoms with Gasteiger partial charge in [0, 0.05) is 25.2 Å². The molecule has 0 atom stereocenters. The van der Waals surface area contributed by atoms with Gasteiger partial charge in [-0.3, -0.25) is 24.0 Å². The van der Waals surface area contributed by atoms with Gasteiger partial charge >= 0.3 is 0 Å². The summed E-state index contributed by atoms with van der Waals surface area (Å²) in [6, 6.07) is 4.25. The molecule has 2 heterocycles. The van der Waals surface area contributed by atoms with Crippen LogP contribution in [0.15, 0.2) is 29.2 Å². The van der Waals surface area contributed by atoms with Crippen molar-refractivity contribution in [1.82, 2.24) is 30.0 Å². The van der Waals surface area contributed by atoms with Crippen molar-refractivity contribution in [3.8, 4) is 0 Å². The van der Waals surface area contributed by atoms with E-state index in [9.17, 15) is 18.8 Å². The van der Waals surface area contributed by atoms with Gasteiger partial charge in [-0.15, -0.1) is 0 Å². The third kappa shape index (κ3) is 5.22. The molecule has 3 N–H and O–H groups in total. The molecule has 0 spiro atoms. The summed E-state index contributed by atoms with van der Waals surface area (Å²) in [5, 5.41) is 9.43. The molecular weight excluding hydrogens is 441 g/mol. The third-order valence-corrected chi connectivity index (χ3v) is 5.01. The third-order valence-electron chi connectivity index (χ3n) is 4.72. The molecule has 12 heteroatoms. The Morgan fingerprint density at radius 1 is 1.34 bits per heavy atom. The molecule has 0 bridgehead atoms. The molecule has 3 rings (SSSR count). The summed E-state index contributed by atoms with van der Waals surface area (Å²) in [6.45, 7) is 3.08. The molecule has 0 aliphatic carbocycles. The Hall–Kier alpha value is -3.47. The van der Waals surface area contributed by atoms with Gasteiger partial charge in [0.1, 0.15) is 17.9 Å². The first-order chi connectivity index (χ1) is 15.2. The first-order valence-electron chi connectivity index (χ1n) is 9.84. The Kier molecular flexibility index (Phi) is 7.08. The van der Waals surface area contributed by atoms with E-state index in [1.165, 1.54) is 27.9 Å². The van der Waals surface area contributed by atoms with E-state index in [-0.39, 0.29) is 53.6 Å². The van der Waals surface area contributed by atoms with Gasteiger partial charge in [-0.2, -0.15) is 5.10 Å². The number of H-pyrrole nitrogens is 1. The number of amides is 2. The lowest BCUT2D eigenvalue weighted by Gasteiger charge is -2.26. The fraction of sp³-hybridized carbons (Fsp3) is 0.350. The Morgan fingerprint density at radius 3 is 2.78 bits per heavy atom. The number of fused-ring (bicyclic) bond motifs is 1. The normalized spacial score (nSPS) is 11.1. The number of hydrogen-bond donors (Lipinski definition) is 3. The molecule has 3 aromatic rings. The highest BCUT2D eigenvalue weighted by molar-refractivity contribution is 6.30. The minimum absolute atomic E-state index is 0.0301. The van der Waals surface area contributed by atoms with Gasteiger partial charge in [-0.1, -0.05) is 23.7 Å². The van der Waals surface area contributed by atoms with Crippen LogP contribution in [0.5, 0.6) is 0 Å². The zero-order valence-electron chi connectivity index (χ0n) is 17.8. The summed E-state index contributed by atoms with van der Waals surface area (Å²) in [4.78, 5) is 45.4. The Labute approximate surface area is 187 Å². The van der Waals surface area contributed by atoms with E-state index in [1.54, 1.807) is 27.0 Å². The SMILES string of the molecule is CNc1nc2cn(CC(=O)N(CC(=O)NCc3cccc(Cl)c3F)C(C)C)nc2c(=O)[nH]1. The Bertz CT molecular complexity index is 1210. The van der Waals surface area contributed by atoms with Crippen LogP contribution in [0.3, 0.4) is 0 Å². The van der Waals surface area contributed by atoms with Crippen molar-refractivity contribution in [1.29, 1.82) is 0 Å². The standard InChI is InChI=1S/C20H23ClFN7O3/c1-11(2)29(9-15(30)24-7-12-5-4-6-13(21)17(12)22)16(31)10-28-8-14-18(27-28)19(32)26-20(23-3)25-14/h4-6,8,11H,7,9-10H2,1-3H3,(H,24,30)(H2,23,25,26,32). The quantitative estimate of drug-likeness (QED) is 0.465. The first kappa shape index (κ1) is 23.2. The van der Waals surface area contributed by atoms with E-state index in [2.05, 4.69) is 25.7 Å². The molecule has 2 aromatic heterocycles. The largest absolute Gasteiger partial charge is 0.359 e. The van der Waals surface area contributed by atoms with Crippen LogP contribution in [0.25, 0.3) is 11.0 Å². The van der Waals surface area contributed by atoms with Crippen molar-refractivity contribution < 1.29 is 14.0 Å². The van der Waals surface area contributed by atoms with Gasteiger partial charge in [-0.25, -0.2) is 9.37 Å². The van der Waals surface area contributed by atoms with Gasteiger partial charge in [0.25, 0.3) is 5.56 Å². The summed E-state index contributed by atoms with van der Waals surface area (Å²) in [7, 11) is 1.62. The van der Waals surface area contributed by atoms with E-state index in [4.69, 9.17) is 11.6 Å². The van der Waals surface area contributed by atoms with Crippen LogP contribution in [-0.2, 0) is 22.7 Å². The minimum atomic E-state index is -0.595. The van der Waals surface area contributed by atoms with Gasteiger partial charge in [-0.05, 0) is 19.9 Å². The molecule has 1 aromatic carbocycles. The van der Waals surface area contributed by atoms with Gasteiger partial charge in [0.15, 0.2) is 5.52 Å². The summed E-state index contributed by atoms with van der Waals surface area (Å²) in [5.41, 5.74) is 0.256. The van der Waals surface area contributed by atoms with Gasteiger partial charge in [0.05, 0.1) is 17.8 Å². The van der Waals surface area contributed by atoms with Crippen molar-refractivity contribution in [2.24, 2.45) is 0 Å². The smallest absolute Gasteiger partial charge is 0.280 e. The molecule has 2 amide bonds. The first-order valence-corrected chi connectivity index (χ1v) is 10.2. The highest BCUT2D eigenvalue weighted by atomic mass is 35.5. The summed E-state index contributed by atoms with van der Waals surface area (Å²) >= 11 is 5.75. The Morgan fingerprint density at radius 2 is 2.09 bits per heavy atom. The summed E-state index contributed by atoms with van der Waals surface area (Å²) < 4.78 is 15.3. The zero-order chi connectivity index (χ0) is 23.4. The number of aromatic amines is 1. The lowest BCUT2D eigenvalue weighted by molar-refractivity contribution is -0.138. The van der Waals surface area contributed by atoms with Gasteiger partial charge < -0.3 is 15.5 Å². The molecule has 32 heavy (non-hydrogen) atoms. The molecule has 0 saturated carbocycles. The van der Waals surface area contributed by atoms with Crippen molar-refractivity contribution in [2.45, 2.75) is 33.0 Å². The zero-order valence-corrected chi connectivity index (χ0v) is 18.5. The van der Waals surface area contributed by atoms with Gasteiger partial charge in [0.2, 0.25) is 17.8 Å². The maximum Gasteiger partial charge on any atom is 0.280 e. The lowest BCUT2D eigenvalue weighted by Crippen LogP contribution is -2.45. The predicted molar refractivity (Wildman–Crippen MR) is 118 cm³/mol. The fourth-order valence-corrected chi connectivity index (χ4v) is 3.24. The maximum atomic E-state index is 14.0. The second-order valence-electron chi connectivity index (χ2n) is 7.33. The second-order valence-corrected chi connectivity index (χ2v) is 7.74. The predicted octanol–water partition coefficient (Wildman–Crippen LogP) is 1.51. The highest BCUT2D eigenvalue weighted by Gasteiger charge is 2.21. The minimum Gasteiger partial charge on any atom is -0.359 e. The number of aromatic nitrogens is 4. The second kappa shape index (κ2) is 9.77. The number of carbonyl (C=O) groups is 2. The Balaban J connectivity index is 1.67. The number of rotatable bonds is 8. The molecule has 0 aliphatic rings. The maximum absolute atomic E-state index is 14.0. The van der Waals surface area contributed by atoms with E-state index in [0.717, 1.165) is 0 Å². The molecule has 0 unspecified atom stereocenters. The summed E-state index contributed by atoms with van der Waals surface area (Å²) in [5.74, 6) is -1.14. The number of nitrogens with one attached hydrogen (secondary N) is 3. The number of benzene rings is 1. The van der Waals surface area contributed by atoms with Crippen molar-refractivity contribution >= 4 is 40.4 Å². The van der Waals surface area contributed by atoms with E-state index < -0.39 is 17.3 Å². The number of hydrogen-bond acceptors (Lipinski definition) is 6. The summed E-state index contributed by atoms with van der Waals surface area (Å²) in [6.07, 6.45) is 1.49. The molecule has 0 radical (unpaired) electrons. The molecule has 170 valence electrons. The average Bonchev–Trinajstić information content (AvgIpc) is 3.15. The molecule has 0 aliphatic heterocycles. The molecule has 10 nitrogen and oxygen atoms in total. The lowest BCUT2D eigenvalue weighted by atomic mass is 10.2. The average molecular weight is 464 g/mol.